The lowest BCUT2D eigenvalue weighted by Gasteiger charge is -2.32. The monoisotopic (exact) mass is 470 g/mol. The lowest BCUT2D eigenvalue weighted by molar-refractivity contribution is 0.249. The van der Waals surface area contributed by atoms with E-state index in [4.69, 9.17) is 14.4 Å². The molecule has 1 saturated heterocycles. The molecule has 3 aromatic rings. The topological polar surface area (TPSA) is 120 Å². The summed E-state index contributed by atoms with van der Waals surface area (Å²) >= 11 is 0. The number of nitrogens with one attached hydrogen (secondary N) is 2. The quantitative estimate of drug-likeness (QED) is 0.482. The van der Waals surface area contributed by atoms with Gasteiger partial charge in [-0.1, -0.05) is 13.8 Å². The van der Waals surface area contributed by atoms with Crippen LogP contribution in [0.4, 0.5) is 11.8 Å². The van der Waals surface area contributed by atoms with Crippen LogP contribution in [0.3, 0.4) is 0 Å². The summed E-state index contributed by atoms with van der Waals surface area (Å²) < 4.78 is 18.0. The number of aryl methyl sites for hydroxylation is 1. The van der Waals surface area contributed by atoms with Crippen molar-refractivity contribution in [2.45, 2.75) is 50.0 Å². The highest BCUT2D eigenvalue weighted by atomic mass is 32.2. The van der Waals surface area contributed by atoms with E-state index < -0.39 is 10.8 Å². The SMILES string of the molecule is CC(C)[C@H](CO)Nc1nc(N2CCC(c3cc(-c4ccco4)n[nH]3)CC2)nc2c1S(=O)CC2. The summed E-state index contributed by atoms with van der Waals surface area (Å²) in [5, 5.41) is 20.7. The van der Waals surface area contributed by atoms with Crippen molar-refractivity contribution in [2.75, 3.05) is 35.7 Å². The average Bonchev–Trinajstić information content (AvgIpc) is 3.58. The Balaban J connectivity index is 1.32. The minimum Gasteiger partial charge on any atom is -0.463 e. The van der Waals surface area contributed by atoms with Crippen molar-refractivity contribution in [3.63, 3.8) is 0 Å². The molecule has 2 atom stereocenters. The highest BCUT2D eigenvalue weighted by molar-refractivity contribution is 7.85. The van der Waals surface area contributed by atoms with Crippen LogP contribution in [-0.4, -0.2) is 61.0 Å². The van der Waals surface area contributed by atoms with Crippen LogP contribution >= 0.6 is 0 Å². The molecule has 0 amide bonds. The summed E-state index contributed by atoms with van der Waals surface area (Å²) in [7, 11) is -1.10. The summed E-state index contributed by atoms with van der Waals surface area (Å²) in [4.78, 5) is 12.5. The lowest BCUT2D eigenvalue weighted by atomic mass is 9.93. The highest BCUT2D eigenvalue weighted by Crippen LogP contribution is 2.34. The fourth-order valence-corrected chi connectivity index (χ4v) is 5.82. The van der Waals surface area contributed by atoms with Crippen molar-refractivity contribution in [3.05, 3.63) is 35.9 Å². The van der Waals surface area contributed by atoms with Gasteiger partial charge in [-0.2, -0.15) is 10.1 Å². The van der Waals surface area contributed by atoms with E-state index in [1.165, 1.54) is 0 Å². The largest absolute Gasteiger partial charge is 0.463 e. The zero-order valence-corrected chi connectivity index (χ0v) is 19.8. The summed E-state index contributed by atoms with van der Waals surface area (Å²) in [6.45, 7) is 5.74. The number of piperidine rings is 1. The molecule has 0 bridgehead atoms. The van der Waals surface area contributed by atoms with Gasteiger partial charge in [0.25, 0.3) is 0 Å². The van der Waals surface area contributed by atoms with Crippen molar-refractivity contribution in [1.29, 1.82) is 0 Å². The molecule has 176 valence electrons. The minimum absolute atomic E-state index is 0.00597. The van der Waals surface area contributed by atoms with Crippen LogP contribution < -0.4 is 10.2 Å². The Morgan fingerprint density at radius 2 is 2.15 bits per heavy atom. The number of aromatic nitrogens is 4. The number of H-pyrrole nitrogens is 1. The third-order valence-corrected chi connectivity index (χ3v) is 8.05. The molecule has 10 heteroatoms. The molecular weight excluding hydrogens is 440 g/mol. The number of hydrogen-bond donors (Lipinski definition) is 3. The Morgan fingerprint density at radius 3 is 2.85 bits per heavy atom. The molecule has 1 fully saturated rings. The van der Waals surface area contributed by atoms with Gasteiger partial charge in [-0.15, -0.1) is 0 Å². The van der Waals surface area contributed by atoms with Crippen molar-refractivity contribution in [2.24, 2.45) is 5.92 Å². The van der Waals surface area contributed by atoms with Gasteiger partial charge < -0.3 is 19.7 Å². The third kappa shape index (κ3) is 4.41. The number of anilines is 2. The number of aliphatic hydroxyl groups is 1. The molecule has 1 unspecified atom stereocenters. The second-order valence-corrected chi connectivity index (χ2v) is 10.6. The van der Waals surface area contributed by atoms with E-state index in [1.807, 2.05) is 26.0 Å². The zero-order chi connectivity index (χ0) is 22.9. The Labute approximate surface area is 195 Å². The van der Waals surface area contributed by atoms with Crippen LogP contribution in [-0.2, 0) is 17.2 Å². The number of nitrogens with zero attached hydrogens (tertiary/aromatic N) is 4. The number of fused-ring (bicyclic) bond motifs is 1. The number of aliphatic hydroxyl groups excluding tert-OH is 1. The van der Waals surface area contributed by atoms with Crippen molar-refractivity contribution in [3.8, 4) is 11.5 Å². The smallest absolute Gasteiger partial charge is 0.227 e. The van der Waals surface area contributed by atoms with E-state index in [-0.39, 0.29) is 18.6 Å². The van der Waals surface area contributed by atoms with E-state index in [1.54, 1.807) is 6.26 Å². The molecule has 0 aromatic carbocycles. The molecule has 0 radical (unpaired) electrons. The fraction of sp³-hybridized carbons (Fsp3) is 0.522. The van der Waals surface area contributed by atoms with E-state index in [2.05, 4.69) is 26.5 Å². The number of furan rings is 1. The molecule has 0 spiro atoms. The summed E-state index contributed by atoms with van der Waals surface area (Å²) in [6, 6.07) is 5.70. The first-order chi connectivity index (χ1) is 16.0. The van der Waals surface area contributed by atoms with Gasteiger partial charge in [-0.25, -0.2) is 4.98 Å². The first-order valence-electron chi connectivity index (χ1n) is 11.5. The van der Waals surface area contributed by atoms with E-state index in [0.29, 0.717) is 34.8 Å². The first kappa shape index (κ1) is 22.1. The Kier molecular flexibility index (Phi) is 6.20. The maximum Gasteiger partial charge on any atom is 0.227 e. The van der Waals surface area contributed by atoms with Crippen LogP contribution in [0.25, 0.3) is 11.5 Å². The van der Waals surface area contributed by atoms with E-state index in [9.17, 15) is 9.32 Å². The summed E-state index contributed by atoms with van der Waals surface area (Å²) in [5.74, 6) is 3.23. The fourth-order valence-electron chi connectivity index (χ4n) is 4.51. The molecule has 2 aliphatic heterocycles. The van der Waals surface area contributed by atoms with Gasteiger partial charge >= 0.3 is 0 Å². The molecular formula is C23H30N6O3S. The van der Waals surface area contributed by atoms with E-state index >= 15 is 0 Å². The summed E-state index contributed by atoms with van der Waals surface area (Å²) in [5.41, 5.74) is 2.81. The predicted molar refractivity (Wildman–Crippen MR) is 127 cm³/mol. The van der Waals surface area contributed by atoms with Gasteiger partial charge in [0.1, 0.15) is 16.4 Å². The van der Waals surface area contributed by atoms with Gasteiger partial charge in [0.05, 0.1) is 35.4 Å². The molecule has 2 aliphatic rings. The van der Waals surface area contributed by atoms with Gasteiger partial charge in [0, 0.05) is 36.9 Å². The van der Waals surface area contributed by atoms with Crippen LogP contribution in [0.1, 0.15) is 44.0 Å². The standard InChI is InChI=1S/C23H30N6O3S/c1-14(2)19(13-30)24-22-21-16(7-11-33(21)31)25-23(26-22)29-8-5-15(6-9-29)17-12-18(28-27-17)20-4-3-10-32-20/h3-4,10,12,14-15,19,30H,5-9,11,13H2,1-2H3,(H,27,28)(H,24,25,26)/t19-,33?/m0/s1. The first-order valence-corrected chi connectivity index (χ1v) is 12.9. The predicted octanol–water partition coefficient (Wildman–Crippen LogP) is 2.94. The zero-order valence-electron chi connectivity index (χ0n) is 19.0. The van der Waals surface area contributed by atoms with Gasteiger partial charge in [-0.3, -0.25) is 9.31 Å². The molecule has 3 N–H and O–H groups in total. The van der Waals surface area contributed by atoms with Crippen LogP contribution in [0.5, 0.6) is 0 Å². The number of rotatable bonds is 7. The maximum atomic E-state index is 12.6. The molecule has 5 rings (SSSR count). The highest BCUT2D eigenvalue weighted by Gasteiger charge is 2.30. The number of aromatic amines is 1. The maximum absolute atomic E-state index is 12.6. The average molecular weight is 471 g/mol. The van der Waals surface area contributed by atoms with Gasteiger partial charge in [-0.05, 0) is 37.0 Å². The van der Waals surface area contributed by atoms with Gasteiger partial charge in [0.15, 0.2) is 5.76 Å². The van der Waals surface area contributed by atoms with Crippen LogP contribution in [0, 0.1) is 5.92 Å². The molecule has 5 heterocycles. The van der Waals surface area contributed by atoms with Crippen molar-refractivity contribution in [1.82, 2.24) is 20.2 Å². The number of hydrogen-bond acceptors (Lipinski definition) is 8. The lowest BCUT2D eigenvalue weighted by Crippen LogP contribution is -2.35. The Bertz CT molecular complexity index is 1120. The van der Waals surface area contributed by atoms with Crippen LogP contribution in [0.2, 0.25) is 0 Å². The van der Waals surface area contributed by atoms with Crippen molar-refractivity contribution < 1.29 is 13.7 Å². The molecule has 9 nitrogen and oxygen atoms in total. The van der Waals surface area contributed by atoms with Gasteiger partial charge in [0.2, 0.25) is 5.95 Å². The Hall–Kier alpha value is -2.72. The van der Waals surface area contributed by atoms with Crippen LogP contribution in [0.15, 0.2) is 33.8 Å². The molecule has 0 saturated carbocycles. The normalized spacial score (nSPS) is 19.8. The minimum atomic E-state index is -1.10. The van der Waals surface area contributed by atoms with Crippen molar-refractivity contribution >= 4 is 22.6 Å². The van der Waals surface area contributed by atoms with E-state index in [0.717, 1.165) is 48.8 Å². The Morgan fingerprint density at radius 1 is 1.33 bits per heavy atom. The third-order valence-electron chi connectivity index (χ3n) is 6.59. The molecule has 33 heavy (non-hydrogen) atoms. The summed E-state index contributed by atoms with van der Waals surface area (Å²) in [6.07, 6.45) is 4.26. The second-order valence-electron chi connectivity index (χ2n) is 9.07. The second kappa shape index (κ2) is 9.26. The molecule has 3 aromatic heterocycles. The molecule has 0 aliphatic carbocycles.